The minimum absolute atomic E-state index is 0.845. The van der Waals surface area contributed by atoms with Gasteiger partial charge in [-0.2, -0.15) is 0 Å². The molecule has 0 aliphatic carbocycles. The van der Waals surface area contributed by atoms with Gasteiger partial charge in [0.05, 0.1) is 26.4 Å². The highest BCUT2D eigenvalue weighted by atomic mass is 16.5. The van der Waals surface area contributed by atoms with Gasteiger partial charge in [0.25, 0.3) is 0 Å². The van der Waals surface area contributed by atoms with Crippen LogP contribution >= 0.6 is 0 Å². The molecule has 0 spiro atoms. The summed E-state index contributed by atoms with van der Waals surface area (Å²) < 4.78 is 21.2. The second kappa shape index (κ2) is 18.1. The average Bonchev–Trinajstić information content (AvgIpc) is 2.70. The molecule has 2 aliphatic heterocycles. The minimum atomic E-state index is 0.845. The molecule has 26 heavy (non-hydrogen) atoms. The molecule has 2 fully saturated rings. The Labute approximate surface area is 161 Å². The van der Waals surface area contributed by atoms with Crippen LogP contribution in [-0.2, 0) is 18.9 Å². The fraction of sp³-hybridized carbons (Fsp3) is 1.00. The summed E-state index contributed by atoms with van der Waals surface area (Å²) in [7, 11) is 0. The van der Waals surface area contributed by atoms with Crippen molar-refractivity contribution in [2.45, 2.75) is 39.5 Å². The van der Waals surface area contributed by atoms with Gasteiger partial charge in [-0.25, -0.2) is 0 Å². The minimum Gasteiger partial charge on any atom is -0.382 e. The van der Waals surface area contributed by atoms with E-state index in [0.717, 1.165) is 98.4 Å². The first-order chi connectivity index (χ1) is 12.9. The van der Waals surface area contributed by atoms with Crippen molar-refractivity contribution >= 4 is 0 Å². The molecule has 0 atom stereocenters. The standard InChI is InChI=1S/2C10H21NO2/c1-2-7-12-8-3-4-11-5-9-13-10-6-11;1-2-12-8-4-3-5-11-6-9-13-10-7-11/h2*2-10H2,1H3. The Morgan fingerprint density at radius 1 is 0.654 bits per heavy atom. The third-order valence-electron chi connectivity index (χ3n) is 4.54. The molecule has 6 heteroatoms. The Bertz CT molecular complexity index is 255. The first kappa shape index (κ1) is 23.8. The Hall–Kier alpha value is -0.240. The number of ether oxygens (including phenoxy) is 4. The topological polar surface area (TPSA) is 43.4 Å². The maximum atomic E-state index is 5.42. The SMILES string of the molecule is CCCOCCCN1CCOCC1.CCOCCCCN1CCOCC1. The zero-order valence-corrected chi connectivity index (χ0v) is 17.3. The lowest BCUT2D eigenvalue weighted by Gasteiger charge is -2.26. The normalized spacial score (nSPS) is 19.2. The molecule has 0 N–H and O–H groups in total. The summed E-state index contributed by atoms with van der Waals surface area (Å²) in [5.74, 6) is 0. The van der Waals surface area contributed by atoms with Crippen molar-refractivity contribution in [3.8, 4) is 0 Å². The summed E-state index contributed by atoms with van der Waals surface area (Å²) in [5, 5.41) is 0. The summed E-state index contributed by atoms with van der Waals surface area (Å²) in [6, 6.07) is 0. The third kappa shape index (κ3) is 13.9. The molecule has 0 aromatic rings. The molecule has 0 radical (unpaired) electrons. The smallest absolute Gasteiger partial charge is 0.0594 e. The predicted molar refractivity (Wildman–Crippen MR) is 106 cm³/mol. The molecule has 2 heterocycles. The van der Waals surface area contributed by atoms with Gasteiger partial charge in [-0.1, -0.05) is 6.92 Å². The fourth-order valence-electron chi connectivity index (χ4n) is 2.97. The number of rotatable bonds is 12. The molecule has 6 nitrogen and oxygen atoms in total. The van der Waals surface area contributed by atoms with Crippen LogP contribution in [0.5, 0.6) is 0 Å². The van der Waals surface area contributed by atoms with Crippen LogP contribution in [-0.4, -0.2) is 102 Å². The lowest BCUT2D eigenvalue weighted by Crippen LogP contribution is -2.37. The van der Waals surface area contributed by atoms with Crippen LogP contribution in [0.2, 0.25) is 0 Å². The Morgan fingerprint density at radius 3 is 1.73 bits per heavy atom. The van der Waals surface area contributed by atoms with Gasteiger partial charge >= 0.3 is 0 Å². The van der Waals surface area contributed by atoms with E-state index in [2.05, 4.69) is 16.7 Å². The summed E-state index contributed by atoms with van der Waals surface area (Å²) >= 11 is 0. The van der Waals surface area contributed by atoms with Gasteiger partial charge in [-0.05, 0) is 39.2 Å². The number of unbranched alkanes of at least 4 members (excludes halogenated alkanes) is 1. The number of hydrogen-bond acceptors (Lipinski definition) is 6. The number of hydrogen-bond donors (Lipinski definition) is 0. The molecule has 0 saturated carbocycles. The molecule has 0 bridgehead atoms. The Morgan fingerprint density at radius 2 is 1.19 bits per heavy atom. The van der Waals surface area contributed by atoms with E-state index in [1.807, 2.05) is 6.92 Å². The highest BCUT2D eigenvalue weighted by Gasteiger charge is 2.09. The number of nitrogens with zero attached hydrogens (tertiary/aromatic N) is 2. The van der Waals surface area contributed by atoms with Crippen molar-refractivity contribution in [1.82, 2.24) is 9.80 Å². The Kier molecular flexibility index (Phi) is 16.6. The van der Waals surface area contributed by atoms with Crippen LogP contribution in [0.4, 0.5) is 0 Å². The van der Waals surface area contributed by atoms with Crippen molar-refractivity contribution in [2.75, 3.05) is 92.1 Å². The van der Waals surface area contributed by atoms with Gasteiger partial charge < -0.3 is 18.9 Å². The van der Waals surface area contributed by atoms with Gasteiger partial charge in [0.2, 0.25) is 0 Å². The van der Waals surface area contributed by atoms with Crippen LogP contribution in [0, 0.1) is 0 Å². The van der Waals surface area contributed by atoms with Crippen molar-refractivity contribution < 1.29 is 18.9 Å². The molecule has 2 saturated heterocycles. The zero-order chi connectivity index (χ0) is 18.7. The molecule has 0 aromatic carbocycles. The van der Waals surface area contributed by atoms with Crippen molar-refractivity contribution in [3.63, 3.8) is 0 Å². The van der Waals surface area contributed by atoms with E-state index in [9.17, 15) is 0 Å². The largest absolute Gasteiger partial charge is 0.382 e. The van der Waals surface area contributed by atoms with Crippen molar-refractivity contribution in [3.05, 3.63) is 0 Å². The predicted octanol–water partition coefficient (Wildman–Crippen LogP) is 2.27. The van der Waals surface area contributed by atoms with Crippen LogP contribution < -0.4 is 0 Å². The average molecular weight is 375 g/mol. The van der Waals surface area contributed by atoms with E-state index >= 15 is 0 Å². The van der Waals surface area contributed by atoms with Crippen LogP contribution in [0.15, 0.2) is 0 Å². The summed E-state index contributed by atoms with van der Waals surface area (Å²) in [6.07, 6.45) is 4.71. The van der Waals surface area contributed by atoms with Gasteiger partial charge in [-0.3, -0.25) is 9.80 Å². The lowest BCUT2D eigenvalue weighted by atomic mass is 10.3. The van der Waals surface area contributed by atoms with Crippen LogP contribution in [0.1, 0.15) is 39.5 Å². The monoisotopic (exact) mass is 374 g/mol. The highest BCUT2D eigenvalue weighted by Crippen LogP contribution is 2.00. The van der Waals surface area contributed by atoms with E-state index in [4.69, 9.17) is 18.9 Å². The molecular weight excluding hydrogens is 332 g/mol. The van der Waals surface area contributed by atoms with E-state index < -0.39 is 0 Å². The van der Waals surface area contributed by atoms with Crippen molar-refractivity contribution in [1.29, 1.82) is 0 Å². The maximum absolute atomic E-state index is 5.42. The molecule has 156 valence electrons. The zero-order valence-electron chi connectivity index (χ0n) is 17.3. The Balaban J connectivity index is 0.000000260. The van der Waals surface area contributed by atoms with Crippen molar-refractivity contribution in [2.24, 2.45) is 0 Å². The summed E-state index contributed by atoms with van der Waals surface area (Å²) in [5.41, 5.74) is 0. The molecule has 2 aliphatic rings. The molecule has 0 amide bonds. The fourth-order valence-corrected chi connectivity index (χ4v) is 2.97. The molecule has 2 rings (SSSR count). The molecule has 0 aromatic heterocycles. The van der Waals surface area contributed by atoms with Gasteiger partial charge in [0.1, 0.15) is 0 Å². The van der Waals surface area contributed by atoms with E-state index in [0.29, 0.717) is 0 Å². The van der Waals surface area contributed by atoms with Crippen LogP contribution in [0.25, 0.3) is 0 Å². The maximum Gasteiger partial charge on any atom is 0.0594 e. The second-order valence-electron chi connectivity index (χ2n) is 6.78. The van der Waals surface area contributed by atoms with E-state index in [1.54, 1.807) is 0 Å². The lowest BCUT2D eigenvalue weighted by molar-refractivity contribution is 0.0320. The first-order valence-electron chi connectivity index (χ1n) is 10.6. The molecule has 0 unspecified atom stereocenters. The molecular formula is C20H42N2O4. The van der Waals surface area contributed by atoms with Crippen LogP contribution in [0.3, 0.4) is 0 Å². The quantitative estimate of drug-likeness (QED) is 0.488. The first-order valence-corrected chi connectivity index (χ1v) is 10.6. The van der Waals surface area contributed by atoms with Gasteiger partial charge in [-0.15, -0.1) is 0 Å². The third-order valence-corrected chi connectivity index (χ3v) is 4.54. The number of morpholine rings is 2. The summed E-state index contributed by atoms with van der Waals surface area (Å²) in [6.45, 7) is 18.1. The van der Waals surface area contributed by atoms with Gasteiger partial charge in [0, 0.05) is 59.2 Å². The van der Waals surface area contributed by atoms with Gasteiger partial charge in [0.15, 0.2) is 0 Å². The van der Waals surface area contributed by atoms with E-state index in [1.165, 1.54) is 19.4 Å². The summed E-state index contributed by atoms with van der Waals surface area (Å²) in [4.78, 5) is 4.91. The van der Waals surface area contributed by atoms with E-state index in [-0.39, 0.29) is 0 Å². The highest BCUT2D eigenvalue weighted by molar-refractivity contribution is 4.62. The second-order valence-corrected chi connectivity index (χ2v) is 6.78.